The number of nitrogens with one attached hydrogen (secondary N) is 2. The maximum Gasteiger partial charge on any atom is 0.257 e. The molecular weight excluding hydrogens is 326 g/mol. The number of carbonyl (C=O) groups excluding carboxylic acids is 1. The lowest BCUT2D eigenvalue weighted by atomic mass is 10.1. The van der Waals surface area contributed by atoms with Gasteiger partial charge in [-0.3, -0.25) is 14.9 Å². The van der Waals surface area contributed by atoms with Crippen LogP contribution in [0, 0.1) is 13.8 Å². The predicted molar refractivity (Wildman–Crippen MR) is 101 cm³/mol. The average molecular weight is 343 g/mol. The first-order valence-corrected chi connectivity index (χ1v) is 8.26. The van der Waals surface area contributed by atoms with Crippen molar-refractivity contribution in [2.75, 3.05) is 5.32 Å². The highest BCUT2D eigenvalue weighted by molar-refractivity contribution is 6.06. The van der Waals surface area contributed by atoms with E-state index in [-0.39, 0.29) is 5.91 Å². The maximum atomic E-state index is 12.7. The fourth-order valence-electron chi connectivity index (χ4n) is 2.79. The highest BCUT2D eigenvalue weighted by Gasteiger charge is 2.12. The van der Waals surface area contributed by atoms with Gasteiger partial charge in [-0.2, -0.15) is 5.10 Å². The SMILES string of the molecule is Cc1ncc(-c2ccccc2)cc1NC(=O)c1cnc2n[nH]c(C)c2c1. The van der Waals surface area contributed by atoms with Crippen molar-refractivity contribution in [3.8, 4) is 11.1 Å². The number of benzene rings is 1. The van der Waals surface area contributed by atoms with Gasteiger partial charge in [0.1, 0.15) is 0 Å². The molecule has 2 N–H and O–H groups in total. The Morgan fingerprint density at radius 2 is 1.81 bits per heavy atom. The van der Waals surface area contributed by atoms with Gasteiger partial charge in [0.05, 0.1) is 16.9 Å². The first-order chi connectivity index (χ1) is 12.6. The molecule has 0 aliphatic rings. The quantitative estimate of drug-likeness (QED) is 0.591. The van der Waals surface area contributed by atoms with Gasteiger partial charge in [0, 0.05) is 29.0 Å². The molecule has 0 spiro atoms. The number of pyridine rings is 2. The van der Waals surface area contributed by atoms with E-state index >= 15 is 0 Å². The van der Waals surface area contributed by atoms with E-state index in [0.29, 0.717) is 16.9 Å². The summed E-state index contributed by atoms with van der Waals surface area (Å²) in [7, 11) is 0. The number of rotatable bonds is 3. The molecule has 0 radical (unpaired) electrons. The summed E-state index contributed by atoms with van der Waals surface area (Å²) in [5.74, 6) is -0.227. The molecule has 0 saturated heterocycles. The number of aromatic amines is 1. The predicted octanol–water partition coefficient (Wildman–Crippen LogP) is 3.89. The summed E-state index contributed by atoms with van der Waals surface area (Å²) in [5.41, 5.74) is 5.39. The normalized spacial score (nSPS) is 10.8. The molecule has 0 saturated carbocycles. The zero-order valence-electron chi connectivity index (χ0n) is 14.4. The van der Waals surface area contributed by atoms with Crippen molar-refractivity contribution in [1.82, 2.24) is 20.2 Å². The Bertz CT molecular complexity index is 1100. The van der Waals surface area contributed by atoms with Crippen LogP contribution in [0.5, 0.6) is 0 Å². The largest absolute Gasteiger partial charge is 0.320 e. The lowest BCUT2D eigenvalue weighted by molar-refractivity contribution is 0.102. The summed E-state index contributed by atoms with van der Waals surface area (Å²) >= 11 is 0. The Hall–Kier alpha value is -3.54. The van der Waals surface area contributed by atoms with E-state index in [1.165, 1.54) is 6.20 Å². The second-order valence-electron chi connectivity index (χ2n) is 6.12. The fraction of sp³-hybridized carbons (Fsp3) is 0.100. The molecule has 4 rings (SSSR count). The summed E-state index contributed by atoms with van der Waals surface area (Å²) < 4.78 is 0. The van der Waals surface area contributed by atoms with Gasteiger partial charge in [0.25, 0.3) is 5.91 Å². The van der Waals surface area contributed by atoms with Crippen LogP contribution in [0.1, 0.15) is 21.7 Å². The Kier molecular flexibility index (Phi) is 3.93. The zero-order valence-corrected chi connectivity index (χ0v) is 14.4. The van der Waals surface area contributed by atoms with E-state index in [0.717, 1.165) is 27.9 Å². The van der Waals surface area contributed by atoms with Gasteiger partial charge >= 0.3 is 0 Å². The first-order valence-electron chi connectivity index (χ1n) is 8.26. The lowest BCUT2D eigenvalue weighted by Gasteiger charge is -2.10. The second kappa shape index (κ2) is 6.40. The number of anilines is 1. The fourth-order valence-corrected chi connectivity index (χ4v) is 2.79. The number of carbonyl (C=O) groups is 1. The molecule has 1 amide bonds. The second-order valence-corrected chi connectivity index (χ2v) is 6.12. The summed E-state index contributed by atoms with van der Waals surface area (Å²) in [5, 5.41) is 10.7. The van der Waals surface area contributed by atoms with Crippen LogP contribution in [0.2, 0.25) is 0 Å². The Morgan fingerprint density at radius 3 is 2.62 bits per heavy atom. The standard InChI is InChI=1S/C20H17N5O/c1-12-17-8-16(11-22-19(17)25-24-12)20(26)23-18-9-15(10-21-13(18)2)14-6-4-3-5-7-14/h3-11H,1-2H3,(H,23,26)(H,22,24,25). The highest BCUT2D eigenvalue weighted by atomic mass is 16.1. The van der Waals surface area contributed by atoms with Crippen molar-refractivity contribution in [2.24, 2.45) is 0 Å². The summed E-state index contributed by atoms with van der Waals surface area (Å²) in [4.78, 5) is 21.3. The smallest absolute Gasteiger partial charge is 0.257 e. The van der Waals surface area contributed by atoms with Crippen LogP contribution < -0.4 is 5.32 Å². The number of hydrogen-bond acceptors (Lipinski definition) is 4. The number of amides is 1. The van der Waals surface area contributed by atoms with Gasteiger partial charge in [-0.05, 0) is 31.5 Å². The van der Waals surface area contributed by atoms with Crippen LogP contribution >= 0.6 is 0 Å². The van der Waals surface area contributed by atoms with Crippen LogP contribution in [0.25, 0.3) is 22.2 Å². The van der Waals surface area contributed by atoms with Crippen LogP contribution in [0.4, 0.5) is 5.69 Å². The Labute approximate surface area is 150 Å². The number of hydrogen-bond donors (Lipinski definition) is 2. The van der Waals surface area contributed by atoms with Gasteiger partial charge in [-0.15, -0.1) is 0 Å². The topological polar surface area (TPSA) is 83.6 Å². The Morgan fingerprint density at radius 1 is 1.00 bits per heavy atom. The molecule has 0 unspecified atom stereocenters. The lowest BCUT2D eigenvalue weighted by Crippen LogP contribution is -2.13. The molecule has 128 valence electrons. The Balaban J connectivity index is 1.65. The molecule has 6 nitrogen and oxygen atoms in total. The van der Waals surface area contributed by atoms with Gasteiger partial charge in [-0.1, -0.05) is 30.3 Å². The van der Waals surface area contributed by atoms with Crippen LogP contribution in [-0.4, -0.2) is 26.1 Å². The van der Waals surface area contributed by atoms with Gasteiger partial charge in [0.15, 0.2) is 5.65 Å². The molecule has 0 fully saturated rings. The van der Waals surface area contributed by atoms with Gasteiger partial charge < -0.3 is 5.32 Å². The van der Waals surface area contributed by atoms with Crippen molar-refractivity contribution >= 4 is 22.6 Å². The number of fused-ring (bicyclic) bond motifs is 1. The van der Waals surface area contributed by atoms with E-state index < -0.39 is 0 Å². The molecule has 6 heteroatoms. The van der Waals surface area contributed by atoms with Crippen LogP contribution in [0.3, 0.4) is 0 Å². The van der Waals surface area contributed by atoms with Crippen LogP contribution in [-0.2, 0) is 0 Å². The van der Waals surface area contributed by atoms with E-state index in [1.807, 2.05) is 56.4 Å². The first kappa shape index (κ1) is 16.0. The minimum Gasteiger partial charge on any atom is -0.320 e. The molecule has 3 heterocycles. The summed E-state index contributed by atoms with van der Waals surface area (Å²) in [6.07, 6.45) is 3.34. The van der Waals surface area contributed by atoms with Crippen molar-refractivity contribution in [2.45, 2.75) is 13.8 Å². The number of aryl methyl sites for hydroxylation is 2. The van der Waals surface area contributed by atoms with Crippen LogP contribution in [0.15, 0.2) is 54.9 Å². The monoisotopic (exact) mass is 343 g/mol. The summed E-state index contributed by atoms with van der Waals surface area (Å²) in [6, 6.07) is 13.7. The third kappa shape index (κ3) is 2.93. The molecule has 0 aliphatic carbocycles. The molecule has 3 aromatic heterocycles. The van der Waals surface area contributed by atoms with Gasteiger partial charge in [0.2, 0.25) is 0 Å². The molecule has 0 aliphatic heterocycles. The number of nitrogens with zero attached hydrogens (tertiary/aromatic N) is 3. The van der Waals surface area contributed by atoms with E-state index in [1.54, 1.807) is 6.07 Å². The third-order valence-electron chi connectivity index (χ3n) is 4.30. The molecule has 1 aromatic carbocycles. The van der Waals surface area contributed by atoms with Crippen molar-refractivity contribution < 1.29 is 4.79 Å². The van der Waals surface area contributed by atoms with Gasteiger partial charge in [-0.25, -0.2) is 4.98 Å². The average Bonchev–Trinajstić information content (AvgIpc) is 3.04. The van der Waals surface area contributed by atoms with E-state index in [4.69, 9.17) is 0 Å². The van der Waals surface area contributed by atoms with Crippen molar-refractivity contribution in [3.63, 3.8) is 0 Å². The maximum absolute atomic E-state index is 12.7. The highest BCUT2D eigenvalue weighted by Crippen LogP contribution is 2.24. The molecule has 26 heavy (non-hydrogen) atoms. The minimum atomic E-state index is -0.227. The third-order valence-corrected chi connectivity index (χ3v) is 4.30. The molecule has 4 aromatic rings. The number of H-pyrrole nitrogens is 1. The molecule has 0 bridgehead atoms. The molecular formula is C20H17N5O. The number of aromatic nitrogens is 4. The zero-order chi connectivity index (χ0) is 18.1. The summed E-state index contributed by atoms with van der Waals surface area (Å²) in [6.45, 7) is 3.77. The minimum absolute atomic E-state index is 0.227. The van der Waals surface area contributed by atoms with E-state index in [2.05, 4.69) is 25.5 Å². The van der Waals surface area contributed by atoms with Crippen molar-refractivity contribution in [3.05, 3.63) is 71.8 Å². The molecule has 0 atom stereocenters. The van der Waals surface area contributed by atoms with Crippen molar-refractivity contribution in [1.29, 1.82) is 0 Å². The van der Waals surface area contributed by atoms with E-state index in [9.17, 15) is 4.79 Å².